The van der Waals surface area contributed by atoms with Crippen LogP contribution in [0.4, 0.5) is 0 Å². The Hall–Kier alpha value is -1.14. The molecule has 86 valence electrons. The molecule has 1 aliphatic rings. The van der Waals surface area contributed by atoms with Crippen molar-refractivity contribution in [3.63, 3.8) is 0 Å². The summed E-state index contributed by atoms with van der Waals surface area (Å²) in [5.41, 5.74) is 0. The Kier molecular flexibility index (Phi) is 2.86. The van der Waals surface area contributed by atoms with E-state index in [1.807, 2.05) is 0 Å². The highest BCUT2D eigenvalue weighted by Crippen LogP contribution is 2.35. The number of nitrogens with one attached hydrogen (secondary N) is 1. The number of amides is 1. The summed E-state index contributed by atoms with van der Waals surface area (Å²) in [6, 6.07) is 1.91. The van der Waals surface area contributed by atoms with Gasteiger partial charge in [-0.25, -0.2) is 0 Å². The van der Waals surface area contributed by atoms with E-state index in [1.54, 1.807) is 19.1 Å². The summed E-state index contributed by atoms with van der Waals surface area (Å²) < 4.78 is 0.561. The molecule has 0 aliphatic carbocycles. The standard InChI is InChI=1S/C9H9ClN2O3S/c1-4-8(12(14)15)7(11-9(4)13)5-2-3-6(10)16-5/h2-4,7-8H,1H3,(H,11,13)/t4-,7+,8-/m0/s1. The first-order valence-electron chi connectivity index (χ1n) is 4.70. The van der Waals surface area contributed by atoms with Gasteiger partial charge in [0.2, 0.25) is 11.9 Å². The molecule has 2 heterocycles. The molecule has 0 spiro atoms. The number of nitro groups is 1. The van der Waals surface area contributed by atoms with Crippen LogP contribution >= 0.6 is 22.9 Å². The van der Waals surface area contributed by atoms with Crippen LogP contribution < -0.4 is 5.32 Å². The van der Waals surface area contributed by atoms with Crippen molar-refractivity contribution in [3.8, 4) is 0 Å². The summed E-state index contributed by atoms with van der Waals surface area (Å²) >= 11 is 7.03. The van der Waals surface area contributed by atoms with Crippen LogP contribution in [0.1, 0.15) is 17.8 Å². The molecule has 3 atom stereocenters. The van der Waals surface area contributed by atoms with E-state index in [1.165, 1.54) is 11.3 Å². The highest BCUT2D eigenvalue weighted by atomic mass is 35.5. The molecule has 0 saturated carbocycles. The van der Waals surface area contributed by atoms with Gasteiger partial charge < -0.3 is 5.32 Å². The van der Waals surface area contributed by atoms with Crippen LogP contribution in [0.3, 0.4) is 0 Å². The lowest BCUT2D eigenvalue weighted by atomic mass is 10.00. The zero-order valence-electron chi connectivity index (χ0n) is 8.34. The molecule has 1 N–H and O–H groups in total. The van der Waals surface area contributed by atoms with Crippen LogP contribution in [0.2, 0.25) is 4.34 Å². The fourth-order valence-electron chi connectivity index (χ4n) is 1.85. The van der Waals surface area contributed by atoms with Gasteiger partial charge >= 0.3 is 0 Å². The summed E-state index contributed by atoms with van der Waals surface area (Å²) in [4.78, 5) is 22.7. The molecular weight excluding hydrogens is 252 g/mol. The Morgan fingerprint density at radius 2 is 2.25 bits per heavy atom. The van der Waals surface area contributed by atoms with Crippen LogP contribution in [0.5, 0.6) is 0 Å². The van der Waals surface area contributed by atoms with E-state index in [0.717, 1.165) is 4.88 Å². The van der Waals surface area contributed by atoms with E-state index >= 15 is 0 Å². The molecule has 0 radical (unpaired) electrons. The Morgan fingerprint density at radius 3 is 2.75 bits per heavy atom. The maximum atomic E-state index is 11.4. The van der Waals surface area contributed by atoms with Crippen LogP contribution in [-0.2, 0) is 4.79 Å². The molecule has 0 bridgehead atoms. The van der Waals surface area contributed by atoms with E-state index in [0.29, 0.717) is 4.34 Å². The topological polar surface area (TPSA) is 72.2 Å². The second-order valence-electron chi connectivity index (χ2n) is 3.69. The minimum atomic E-state index is -0.915. The van der Waals surface area contributed by atoms with E-state index in [2.05, 4.69) is 5.32 Å². The van der Waals surface area contributed by atoms with Crippen molar-refractivity contribution in [3.05, 3.63) is 31.5 Å². The van der Waals surface area contributed by atoms with E-state index in [4.69, 9.17) is 11.6 Å². The van der Waals surface area contributed by atoms with Crippen LogP contribution in [0.25, 0.3) is 0 Å². The lowest BCUT2D eigenvalue weighted by Crippen LogP contribution is -2.29. The first-order chi connectivity index (χ1) is 7.50. The molecule has 0 unspecified atom stereocenters. The van der Waals surface area contributed by atoms with Crippen LogP contribution in [0.15, 0.2) is 12.1 Å². The number of carbonyl (C=O) groups excluding carboxylic acids is 1. The van der Waals surface area contributed by atoms with Crippen molar-refractivity contribution in [2.24, 2.45) is 5.92 Å². The molecule has 1 aromatic heterocycles. The van der Waals surface area contributed by atoms with Gasteiger partial charge in [0.15, 0.2) is 0 Å². The predicted molar refractivity (Wildman–Crippen MR) is 60.2 cm³/mol. The third-order valence-corrected chi connectivity index (χ3v) is 4.02. The number of halogens is 1. The second kappa shape index (κ2) is 4.03. The Bertz CT molecular complexity index is 448. The van der Waals surface area contributed by atoms with Gasteiger partial charge in [0.25, 0.3) is 0 Å². The summed E-state index contributed by atoms with van der Waals surface area (Å²) in [7, 11) is 0. The zero-order valence-corrected chi connectivity index (χ0v) is 9.92. The van der Waals surface area contributed by atoms with Crippen molar-refractivity contribution in [2.45, 2.75) is 19.0 Å². The van der Waals surface area contributed by atoms with Gasteiger partial charge in [-0.05, 0) is 19.1 Å². The first-order valence-corrected chi connectivity index (χ1v) is 5.89. The number of hydrogen-bond acceptors (Lipinski definition) is 4. The second-order valence-corrected chi connectivity index (χ2v) is 5.44. The third-order valence-electron chi connectivity index (χ3n) is 2.71. The average molecular weight is 261 g/mol. The molecule has 2 rings (SSSR count). The van der Waals surface area contributed by atoms with Gasteiger partial charge in [-0.15, -0.1) is 11.3 Å². The molecule has 5 nitrogen and oxygen atoms in total. The maximum absolute atomic E-state index is 11.4. The summed E-state index contributed by atoms with van der Waals surface area (Å²) in [5.74, 6) is -0.892. The van der Waals surface area contributed by atoms with Crippen molar-refractivity contribution in [1.82, 2.24) is 5.32 Å². The monoisotopic (exact) mass is 260 g/mol. The first kappa shape index (κ1) is 11.3. The van der Waals surface area contributed by atoms with Crippen LogP contribution in [0, 0.1) is 16.0 Å². The third kappa shape index (κ3) is 1.78. The quantitative estimate of drug-likeness (QED) is 0.652. The lowest BCUT2D eigenvalue weighted by molar-refractivity contribution is -0.530. The van der Waals surface area contributed by atoms with E-state index in [-0.39, 0.29) is 5.91 Å². The fraction of sp³-hybridized carbons (Fsp3) is 0.444. The summed E-state index contributed by atoms with van der Waals surface area (Å²) in [5, 5.41) is 13.6. The number of thiophene rings is 1. The van der Waals surface area contributed by atoms with Crippen molar-refractivity contribution in [1.29, 1.82) is 0 Å². The van der Waals surface area contributed by atoms with Gasteiger partial charge in [0.05, 0.1) is 4.34 Å². The summed E-state index contributed by atoms with van der Waals surface area (Å²) in [6.45, 7) is 1.57. The predicted octanol–water partition coefficient (Wildman–Crippen LogP) is 1.85. The molecule has 0 aromatic carbocycles. The van der Waals surface area contributed by atoms with Gasteiger partial charge in [-0.3, -0.25) is 14.9 Å². The van der Waals surface area contributed by atoms with E-state index in [9.17, 15) is 14.9 Å². The number of carbonyl (C=O) groups is 1. The molecule has 1 aliphatic heterocycles. The smallest absolute Gasteiger partial charge is 0.249 e. The Morgan fingerprint density at radius 1 is 1.56 bits per heavy atom. The van der Waals surface area contributed by atoms with Gasteiger partial charge in [0, 0.05) is 9.80 Å². The number of rotatable bonds is 2. The van der Waals surface area contributed by atoms with E-state index < -0.39 is 22.9 Å². The van der Waals surface area contributed by atoms with Gasteiger partial charge in [-0.2, -0.15) is 0 Å². The number of nitrogens with zero attached hydrogens (tertiary/aromatic N) is 1. The minimum Gasteiger partial charge on any atom is -0.341 e. The molecule has 7 heteroatoms. The highest BCUT2D eigenvalue weighted by molar-refractivity contribution is 7.16. The van der Waals surface area contributed by atoms with Crippen molar-refractivity contribution in [2.75, 3.05) is 0 Å². The van der Waals surface area contributed by atoms with Crippen molar-refractivity contribution < 1.29 is 9.72 Å². The molecule has 1 saturated heterocycles. The Labute approximate surface area is 101 Å². The zero-order chi connectivity index (χ0) is 11.9. The molecule has 16 heavy (non-hydrogen) atoms. The van der Waals surface area contributed by atoms with Gasteiger partial charge in [-0.1, -0.05) is 11.6 Å². The Balaban J connectivity index is 2.33. The maximum Gasteiger partial charge on any atom is 0.249 e. The average Bonchev–Trinajstić information content (AvgIpc) is 2.73. The lowest BCUT2D eigenvalue weighted by Gasteiger charge is -2.11. The van der Waals surface area contributed by atoms with Crippen LogP contribution in [-0.4, -0.2) is 16.9 Å². The summed E-state index contributed by atoms with van der Waals surface area (Å²) in [6.07, 6.45) is 0. The minimum absolute atomic E-state index is 0.281. The number of hydrogen-bond donors (Lipinski definition) is 1. The fourth-order valence-corrected chi connectivity index (χ4v) is 3.01. The van der Waals surface area contributed by atoms with Gasteiger partial charge in [0.1, 0.15) is 12.0 Å². The molecule has 1 amide bonds. The SMILES string of the molecule is C[C@@H]1C(=O)N[C@H](c2ccc(Cl)s2)[C@H]1[N+](=O)[O-]. The molecular formula is C9H9ClN2O3S. The molecule has 1 fully saturated rings. The van der Waals surface area contributed by atoms with Crippen molar-refractivity contribution >= 4 is 28.8 Å². The highest BCUT2D eigenvalue weighted by Gasteiger charge is 2.49. The molecule has 1 aromatic rings. The normalized spacial score (nSPS) is 29.1. The largest absolute Gasteiger partial charge is 0.341 e.